The summed E-state index contributed by atoms with van der Waals surface area (Å²) in [5.41, 5.74) is 1.82. The third kappa shape index (κ3) is 7.95. The van der Waals surface area contributed by atoms with Crippen LogP contribution in [-0.4, -0.2) is 36.7 Å². The first kappa shape index (κ1) is 22.4. The van der Waals surface area contributed by atoms with E-state index in [0.29, 0.717) is 5.54 Å². The monoisotopic (exact) mass is 373 g/mol. The van der Waals surface area contributed by atoms with Crippen LogP contribution in [0, 0.1) is 0 Å². The molecule has 1 unspecified atom stereocenters. The number of benzene rings is 1. The van der Waals surface area contributed by atoms with Crippen molar-refractivity contribution in [1.29, 1.82) is 0 Å². The number of unbranched alkanes of at least 4 members (excludes halogenated alkanes) is 7. The molecule has 1 aliphatic heterocycles. The first-order chi connectivity index (χ1) is 13.3. The number of hydrogen-bond acceptors (Lipinski definition) is 2. The Bertz CT molecular complexity index is 468. The average Bonchev–Trinajstić information content (AvgIpc) is 2.71. The molecule has 0 bridgehead atoms. The second-order valence-corrected chi connectivity index (χ2v) is 8.46. The fraction of sp³-hybridized carbons (Fsp3) is 0.760. The van der Waals surface area contributed by atoms with Crippen LogP contribution in [0.4, 0.5) is 0 Å². The van der Waals surface area contributed by atoms with Gasteiger partial charge in [-0.25, -0.2) is 0 Å². The third-order valence-electron chi connectivity index (χ3n) is 6.27. The fourth-order valence-electron chi connectivity index (χ4n) is 4.80. The Labute approximate surface area is 168 Å². The van der Waals surface area contributed by atoms with Gasteiger partial charge >= 0.3 is 0 Å². The summed E-state index contributed by atoms with van der Waals surface area (Å²) in [7, 11) is 0. The summed E-state index contributed by atoms with van der Waals surface area (Å²) in [4.78, 5) is 2.77. The Morgan fingerprint density at radius 2 is 1.41 bits per heavy atom. The molecule has 0 N–H and O–H groups in total. The highest BCUT2D eigenvalue weighted by atomic mass is 16.5. The highest BCUT2D eigenvalue weighted by Crippen LogP contribution is 2.33. The van der Waals surface area contributed by atoms with E-state index in [0.717, 1.165) is 26.3 Å². The Balaban J connectivity index is 1.93. The van der Waals surface area contributed by atoms with Crippen molar-refractivity contribution in [1.82, 2.24) is 4.90 Å². The Hall–Kier alpha value is -0.860. The molecule has 154 valence electrons. The minimum absolute atomic E-state index is 0.322. The van der Waals surface area contributed by atoms with E-state index in [1.165, 1.54) is 82.6 Å². The molecule has 0 radical (unpaired) electrons. The molecule has 27 heavy (non-hydrogen) atoms. The first-order valence-electron chi connectivity index (χ1n) is 11.7. The molecular weight excluding hydrogens is 330 g/mol. The number of morpholine rings is 1. The van der Waals surface area contributed by atoms with Gasteiger partial charge in [0.2, 0.25) is 0 Å². The summed E-state index contributed by atoms with van der Waals surface area (Å²) in [6.45, 7) is 8.66. The molecule has 0 amide bonds. The molecule has 1 aromatic rings. The van der Waals surface area contributed by atoms with Crippen LogP contribution in [0.25, 0.3) is 0 Å². The lowest BCUT2D eigenvalue weighted by atomic mass is 9.80. The summed E-state index contributed by atoms with van der Waals surface area (Å²) in [5, 5.41) is 0. The molecule has 1 saturated heterocycles. The number of rotatable bonds is 14. The lowest BCUT2D eigenvalue weighted by molar-refractivity contribution is -0.0312. The van der Waals surface area contributed by atoms with Crippen LogP contribution in [0.3, 0.4) is 0 Å². The first-order valence-corrected chi connectivity index (χ1v) is 11.7. The van der Waals surface area contributed by atoms with Crippen molar-refractivity contribution in [3.05, 3.63) is 35.9 Å². The van der Waals surface area contributed by atoms with Crippen molar-refractivity contribution in [2.75, 3.05) is 26.3 Å². The average molecular weight is 374 g/mol. The lowest BCUT2D eigenvalue weighted by Crippen LogP contribution is -2.54. The van der Waals surface area contributed by atoms with Crippen LogP contribution < -0.4 is 0 Å². The Kier molecular flexibility index (Phi) is 11.1. The summed E-state index contributed by atoms with van der Waals surface area (Å²) in [6, 6.07) is 11.2. The zero-order valence-corrected chi connectivity index (χ0v) is 18.1. The second-order valence-electron chi connectivity index (χ2n) is 8.46. The van der Waals surface area contributed by atoms with Gasteiger partial charge in [0.25, 0.3) is 0 Å². The predicted octanol–water partition coefficient (Wildman–Crippen LogP) is 6.63. The zero-order chi connectivity index (χ0) is 19.2. The van der Waals surface area contributed by atoms with Crippen LogP contribution in [0.15, 0.2) is 30.3 Å². The molecule has 2 rings (SSSR count). The van der Waals surface area contributed by atoms with Gasteiger partial charge in [-0.1, -0.05) is 102 Å². The molecule has 0 spiro atoms. The van der Waals surface area contributed by atoms with Crippen molar-refractivity contribution in [3.8, 4) is 0 Å². The van der Waals surface area contributed by atoms with E-state index in [9.17, 15) is 0 Å². The van der Waals surface area contributed by atoms with Crippen LogP contribution in [0.2, 0.25) is 0 Å². The summed E-state index contributed by atoms with van der Waals surface area (Å²) in [5.74, 6) is 0. The fourth-order valence-corrected chi connectivity index (χ4v) is 4.80. The van der Waals surface area contributed by atoms with Crippen LogP contribution in [0.1, 0.15) is 90.0 Å². The predicted molar refractivity (Wildman–Crippen MR) is 117 cm³/mol. The van der Waals surface area contributed by atoms with Gasteiger partial charge in [0, 0.05) is 18.6 Å². The molecule has 2 nitrogen and oxygen atoms in total. The summed E-state index contributed by atoms with van der Waals surface area (Å²) in [6.07, 6.45) is 16.3. The van der Waals surface area contributed by atoms with Crippen molar-refractivity contribution in [2.24, 2.45) is 0 Å². The summed E-state index contributed by atoms with van der Waals surface area (Å²) < 4.78 is 5.67. The molecule has 0 aliphatic carbocycles. The van der Waals surface area contributed by atoms with E-state index in [1.54, 1.807) is 0 Å². The van der Waals surface area contributed by atoms with Crippen molar-refractivity contribution in [2.45, 2.75) is 96.4 Å². The SMILES string of the molecule is CCCCCCCCCCC(CCC)(Cc1ccccc1)N1CCOCC1. The van der Waals surface area contributed by atoms with Gasteiger partial charge < -0.3 is 4.74 Å². The second kappa shape index (κ2) is 13.3. The van der Waals surface area contributed by atoms with Gasteiger partial charge in [0.1, 0.15) is 0 Å². The third-order valence-corrected chi connectivity index (χ3v) is 6.27. The van der Waals surface area contributed by atoms with Gasteiger partial charge in [-0.05, 0) is 24.8 Å². The smallest absolute Gasteiger partial charge is 0.0594 e. The Morgan fingerprint density at radius 3 is 2.04 bits per heavy atom. The normalized spacial score (nSPS) is 17.7. The standard InChI is InChI=1S/C25H43NO/c1-3-5-6-7-8-9-10-14-18-25(17-4-2,26-19-21-27-22-20-26)23-24-15-12-11-13-16-24/h11-13,15-16H,3-10,14,17-23H2,1-2H3. The van der Waals surface area contributed by atoms with E-state index in [-0.39, 0.29) is 0 Å². The van der Waals surface area contributed by atoms with Gasteiger partial charge in [0.05, 0.1) is 13.2 Å². The van der Waals surface area contributed by atoms with Crippen molar-refractivity contribution in [3.63, 3.8) is 0 Å². The molecular formula is C25H43NO. The van der Waals surface area contributed by atoms with Gasteiger partial charge in [-0.2, -0.15) is 0 Å². The number of nitrogens with zero attached hydrogens (tertiary/aromatic N) is 1. The maximum atomic E-state index is 5.67. The van der Waals surface area contributed by atoms with E-state index >= 15 is 0 Å². The minimum atomic E-state index is 0.322. The topological polar surface area (TPSA) is 12.5 Å². The van der Waals surface area contributed by atoms with Crippen LogP contribution >= 0.6 is 0 Å². The van der Waals surface area contributed by atoms with E-state index in [2.05, 4.69) is 49.1 Å². The zero-order valence-electron chi connectivity index (χ0n) is 18.1. The lowest BCUT2D eigenvalue weighted by Gasteiger charge is -2.46. The van der Waals surface area contributed by atoms with Crippen LogP contribution in [0.5, 0.6) is 0 Å². The molecule has 0 aromatic heterocycles. The van der Waals surface area contributed by atoms with Crippen molar-refractivity contribution < 1.29 is 4.74 Å². The molecule has 1 atom stereocenters. The van der Waals surface area contributed by atoms with Gasteiger partial charge in [-0.15, -0.1) is 0 Å². The molecule has 1 heterocycles. The number of hydrogen-bond donors (Lipinski definition) is 0. The maximum Gasteiger partial charge on any atom is 0.0594 e. The molecule has 2 heteroatoms. The summed E-state index contributed by atoms with van der Waals surface area (Å²) >= 11 is 0. The molecule has 1 fully saturated rings. The van der Waals surface area contributed by atoms with E-state index < -0.39 is 0 Å². The Morgan fingerprint density at radius 1 is 0.778 bits per heavy atom. The quantitative estimate of drug-likeness (QED) is 0.339. The molecule has 1 aromatic carbocycles. The van der Waals surface area contributed by atoms with Gasteiger partial charge in [-0.3, -0.25) is 4.90 Å². The molecule has 1 aliphatic rings. The highest BCUT2D eigenvalue weighted by molar-refractivity contribution is 5.18. The minimum Gasteiger partial charge on any atom is -0.379 e. The van der Waals surface area contributed by atoms with E-state index in [1.807, 2.05) is 0 Å². The number of ether oxygens (including phenoxy) is 1. The van der Waals surface area contributed by atoms with Crippen molar-refractivity contribution >= 4 is 0 Å². The molecule has 0 saturated carbocycles. The van der Waals surface area contributed by atoms with E-state index in [4.69, 9.17) is 4.74 Å². The largest absolute Gasteiger partial charge is 0.379 e. The van der Waals surface area contributed by atoms with Crippen LogP contribution in [-0.2, 0) is 11.2 Å². The van der Waals surface area contributed by atoms with Gasteiger partial charge in [0.15, 0.2) is 0 Å². The maximum absolute atomic E-state index is 5.67. The highest BCUT2D eigenvalue weighted by Gasteiger charge is 2.36.